The predicted molar refractivity (Wildman–Crippen MR) is 90.4 cm³/mol. The first-order valence-electron chi connectivity index (χ1n) is 9.24. The lowest BCUT2D eigenvalue weighted by Crippen LogP contribution is -2.47. The molecule has 0 aromatic carbocycles. The lowest BCUT2D eigenvalue weighted by Gasteiger charge is -2.41. The van der Waals surface area contributed by atoms with Crippen LogP contribution in [-0.4, -0.2) is 36.6 Å². The predicted octanol–water partition coefficient (Wildman–Crippen LogP) is 3.77. The summed E-state index contributed by atoms with van der Waals surface area (Å²) in [6.45, 7) is 17.4. The van der Waals surface area contributed by atoms with Gasteiger partial charge in [-0.15, -0.1) is 0 Å². The van der Waals surface area contributed by atoms with Crippen LogP contribution in [0.5, 0.6) is 0 Å². The zero-order chi connectivity index (χ0) is 15.3. The molecule has 2 nitrogen and oxygen atoms in total. The van der Waals surface area contributed by atoms with Gasteiger partial charge in [-0.05, 0) is 75.2 Å². The van der Waals surface area contributed by atoms with E-state index >= 15 is 0 Å². The van der Waals surface area contributed by atoms with Gasteiger partial charge < -0.3 is 5.32 Å². The van der Waals surface area contributed by atoms with Crippen molar-refractivity contribution in [3.63, 3.8) is 0 Å². The molecule has 1 aliphatic carbocycles. The number of hydrogen-bond acceptors (Lipinski definition) is 2. The molecule has 122 valence electrons. The van der Waals surface area contributed by atoms with Crippen molar-refractivity contribution in [2.24, 2.45) is 29.1 Å². The van der Waals surface area contributed by atoms with Crippen LogP contribution in [-0.2, 0) is 0 Å². The lowest BCUT2D eigenvalue weighted by atomic mass is 9.69. The second kappa shape index (κ2) is 5.53. The van der Waals surface area contributed by atoms with Crippen LogP contribution >= 0.6 is 0 Å². The smallest absolute Gasteiger partial charge is 0.0197 e. The Labute approximate surface area is 132 Å². The van der Waals surface area contributed by atoms with Gasteiger partial charge in [-0.3, -0.25) is 4.90 Å². The zero-order valence-electron chi connectivity index (χ0n) is 14.9. The fourth-order valence-electron chi connectivity index (χ4n) is 5.34. The highest BCUT2D eigenvalue weighted by atomic mass is 15.2. The van der Waals surface area contributed by atoms with E-state index in [1.165, 1.54) is 51.9 Å². The molecule has 0 amide bonds. The Morgan fingerprint density at radius 2 is 1.71 bits per heavy atom. The first-order valence-corrected chi connectivity index (χ1v) is 9.24. The van der Waals surface area contributed by atoms with E-state index in [-0.39, 0.29) is 0 Å². The van der Waals surface area contributed by atoms with Gasteiger partial charge in [-0.1, -0.05) is 20.8 Å². The van der Waals surface area contributed by atoms with Crippen molar-refractivity contribution in [3.05, 3.63) is 0 Å². The highest BCUT2D eigenvalue weighted by molar-refractivity contribution is 5.04. The van der Waals surface area contributed by atoms with Crippen molar-refractivity contribution in [3.8, 4) is 0 Å². The van der Waals surface area contributed by atoms with Crippen molar-refractivity contribution in [2.75, 3.05) is 26.2 Å². The summed E-state index contributed by atoms with van der Waals surface area (Å²) in [7, 11) is 0. The maximum Gasteiger partial charge on any atom is 0.0197 e. The minimum absolute atomic E-state index is 0.412. The molecule has 1 saturated carbocycles. The lowest BCUT2D eigenvalue weighted by molar-refractivity contribution is 0.0838. The minimum atomic E-state index is 0.412. The number of likely N-dealkylation sites (tertiary alicyclic amines) is 1. The standard InChI is InChI=1S/C19H36N2/c1-18(2,3)16-8-6-14(7-9-16)12-21-13-15-10-20-11-17(15)19(21,4)5/h14-17,20H,6-13H2,1-5H3. The topological polar surface area (TPSA) is 15.3 Å². The second-order valence-electron chi connectivity index (χ2n) is 9.67. The Hall–Kier alpha value is -0.0800. The van der Waals surface area contributed by atoms with Gasteiger partial charge in [0.15, 0.2) is 0 Å². The van der Waals surface area contributed by atoms with Crippen molar-refractivity contribution >= 4 is 0 Å². The summed E-state index contributed by atoms with van der Waals surface area (Å²) in [6, 6.07) is 0. The van der Waals surface area contributed by atoms with Crippen LogP contribution in [0, 0.1) is 29.1 Å². The Balaban J connectivity index is 1.54. The van der Waals surface area contributed by atoms with Crippen molar-refractivity contribution < 1.29 is 0 Å². The van der Waals surface area contributed by atoms with Gasteiger partial charge in [0.25, 0.3) is 0 Å². The number of nitrogens with one attached hydrogen (secondary N) is 1. The third-order valence-corrected chi connectivity index (χ3v) is 7.07. The van der Waals surface area contributed by atoms with E-state index in [1.807, 2.05) is 0 Å². The Bertz CT molecular complexity index is 360. The van der Waals surface area contributed by atoms with Crippen molar-refractivity contribution in [1.82, 2.24) is 10.2 Å². The van der Waals surface area contributed by atoms with Gasteiger partial charge in [0.2, 0.25) is 0 Å². The summed E-state index contributed by atoms with van der Waals surface area (Å²) >= 11 is 0. The highest BCUT2D eigenvalue weighted by Gasteiger charge is 2.49. The Kier molecular flexibility index (Phi) is 4.16. The van der Waals surface area contributed by atoms with Gasteiger partial charge in [0.1, 0.15) is 0 Å². The molecule has 2 aliphatic heterocycles. The molecule has 1 N–H and O–H groups in total. The van der Waals surface area contributed by atoms with Gasteiger partial charge in [0.05, 0.1) is 0 Å². The van der Waals surface area contributed by atoms with Gasteiger partial charge >= 0.3 is 0 Å². The number of hydrogen-bond donors (Lipinski definition) is 1. The molecule has 2 saturated heterocycles. The summed E-state index contributed by atoms with van der Waals surface area (Å²) in [5.41, 5.74) is 0.926. The van der Waals surface area contributed by atoms with Gasteiger partial charge in [-0.25, -0.2) is 0 Å². The summed E-state index contributed by atoms with van der Waals surface area (Å²) in [5, 5.41) is 3.60. The fourth-order valence-corrected chi connectivity index (χ4v) is 5.34. The maximum absolute atomic E-state index is 3.60. The van der Waals surface area contributed by atoms with Crippen LogP contribution < -0.4 is 5.32 Å². The zero-order valence-corrected chi connectivity index (χ0v) is 14.9. The van der Waals surface area contributed by atoms with E-state index in [4.69, 9.17) is 0 Å². The maximum atomic E-state index is 3.60. The third kappa shape index (κ3) is 3.03. The minimum Gasteiger partial charge on any atom is -0.316 e. The molecule has 0 radical (unpaired) electrons. The Morgan fingerprint density at radius 1 is 1.05 bits per heavy atom. The normalized spacial score (nSPS) is 40.4. The first-order chi connectivity index (χ1) is 9.78. The molecule has 0 aromatic heterocycles. The molecule has 3 fully saturated rings. The summed E-state index contributed by atoms with van der Waals surface area (Å²) in [4.78, 5) is 2.84. The Morgan fingerprint density at radius 3 is 2.29 bits per heavy atom. The molecule has 21 heavy (non-hydrogen) atoms. The summed E-state index contributed by atoms with van der Waals surface area (Å²) in [6.07, 6.45) is 5.83. The van der Waals surface area contributed by atoms with Crippen LogP contribution in [0.25, 0.3) is 0 Å². The van der Waals surface area contributed by atoms with E-state index < -0.39 is 0 Å². The van der Waals surface area contributed by atoms with Crippen LogP contribution in [0.4, 0.5) is 0 Å². The molecule has 0 aromatic rings. The van der Waals surface area contributed by atoms with Crippen molar-refractivity contribution in [1.29, 1.82) is 0 Å². The number of rotatable bonds is 2. The van der Waals surface area contributed by atoms with E-state index in [2.05, 4.69) is 44.8 Å². The highest BCUT2D eigenvalue weighted by Crippen LogP contribution is 2.44. The molecule has 2 atom stereocenters. The number of fused-ring (bicyclic) bond motifs is 1. The van der Waals surface area contributed by atoms with Crippen molar-refractivity contribution in [2.45, 2.75) is 65.8 Å². The van der Waals surface area contributed by atoms with Gasteiger partial charge in [0, 0.05) is 25.2 Å². The monoisotopic (exact) mass is 292 g/mol. The van der Waals surface area contributed by atoms with Crippen LogP contribution in [0.3, 0.4) is 0 Å². The molecule has 0 bridgehead atoms. The second-order valence-corrected chi connectivity index (χ2v) is 9.67. The quantitative estimate of drug-likeness (QED) is 0.833. The molecule has 3 rings (SSSR count). The molecular formula is C19H36N2. The SMILES string of the molecule is CC(C)(C)C1CCC(CN2CC3CNCC3C2(C)C)CC1. The first kappa shape index (κ1) is 15.8. The summed E-state index contributed by atoms with van der Waals surface area (Å²) < 4.78 is 0. The fraction of sp³-hybridized carbons (Fsp3) is 1.00. The summed E-state index contributed by atoms with van der Waals surface area (Å²) in [5.74, 6) is 3.69. The van der Waals surface area contributed by atoms with Gasteiger partial charge in [-0.2, -0.15) is 0 Å². The van der Waals surface area contributed by atoms with Crippen LogP contribution in [0.1, 0.15) is 60.3 Å². The van der Waals surface area contributed by atoms with Crippen LogP contribution in [0.2, 0.25) is 0 Å². The molecule has 0 spiro atoms. The molecule has 2 unspecified atom stereocenters. The third-order valence-electron chi connectivity index (χ3n) is 7.07. The van der Waals surface area contributed by atoms with E-state index in [0.717, 1.165) is 23.7 Å². The van der Waals surface area contributed by atoms with E-state index in [9.17, 15) is 0 Å². The van der Waals surface area contributed by atoms with E-state index in [1.54, 1.807) is 0 Å². The number of nitrogens with zero attached hydrogens (tertiary/aromatic N) is 1. The molecular weight excluding hydrogens is 256 g/mol. The molecule has 2 heterocycles. The average Bonchev–Trinajstić information content (AvgIpc) is 2.93. The molecule has 2 heteroatoms. The average molecular weight is 293 g/mol. The molecule has 3 aliphatic rings. The van der Waals surface area contributed by atoms with E-state index in [0.29, 0.717) is 11.0 Å². The van der Waals surface area contributed by atoms with Crippen LogP contribution in [0.15, 0.2) is 0 Å². The largest absolute Gasteiger partial charge is 0.316 e.